The number of halogens is 2. The van der Waals surface area contributed by atoms with Gasteiger partial charge in [0.2, 0.25) is 15.9 Å². The van der Waals surface area contributed by atoms with Crippen molar-refractivity contribution in [2.24, 2.45) is 0 Å². The highest BCUT2D eigenvalue weighted by atomic mass is 35.5. The Hall–Kier alpha value is -2.58. The van der Waals surface area contributed by atoms with Crippen molar-refractivity contribution in [3.8, 4) is 5.75 Å². The van der Waals surface area contributed by atoms with E-state index in [1.165, 1.54) is 18.2 Å². The van der Waals surface area contributed by atoms with Gasteiger partial charge in [-0.2, -0.15) is 4.72 Å². The van der Waals surface area contributed by atoms with Crippen LogP contribution in [0.2, 0.25) is 10.0 Å². The lowest BCUT2D eigenvalue weighted by atomic mass is 10.0. The van der Waals surface area contributed by atoms with Gasteiger partial charge in [-0.15, -0.1) is 0 Å². The van der Waals surface area contributed by atoms with Crippen LogP contribution in [0.3, 0.4) is 0 Å². The van der Waals surface area contributed by atoms with Crippen LogP contribution in [0.1, 0.15) is 24.1 Å². The van der Waals surface area contributed by atoms with Crippen LogP contribution in [-0.2, 0) is 21.2 Å². The summed E-state index contributed by atoms with van der Waals surface area (Å²) in [5, 5.41) is 3.11. The average molecular weight is 507 g/mol. The van der Waals surface area contributed by atoms with E-state index in [0.717, 1.165) is 11.1 Å². The molecule has 6 nitrogen and oxygen atoms in total. The Morgan fingerprint density at radius 1 is 1.00 bits per heavy atom. The van der Waals surface area contributed by atoms with E-state index < -0.39 is 28.0 Å². The van der Waals surface area contributed by atoms with Crippen LogP contribution in [-0.4, -0.2) is 27.5 Å². The van der Waals surface area contributed by atoms with E-state index in [4.69, 9.17) is 27.9 Å². The lowest BCUT2D eigenvalue weighted by molar-refractivity contribution is -0.123. The summed E-state index contributed by atoms with van der Waals surface area (Å²) in [6, 6.07) is 19.1. The Morgan fingerprint density at radius 2 is 1.67 bits per heavy atom. The fourth-order valence-corrected chi connectivity index (χ4v) is 5.35. The maximum atomic E-state index is 13.3. The number of carbonyl (C=O) groups is 1. The molecule has 0 saturated heterocycles. The summed E-state index contributed by atoms with van der Waals surface area (Å²) >= 11 is 12.1. The maximum Gasteiger partial charge on any atom is 0.242 e. The van der Waals surface area contributed by atoms with E-state index in [0.29, 0.717) is 5.75 Å². The van der Waals surface area contributed by atoms with Gasteiger partial charge in [-0.25, -0.2) is 8.42 Å². The summed E-state index contributed by atoms with van der Waals surface area (Å²) in [5.41, 5.74) is 1.56. The van der Waals surface area contributed by atoms with Crippen molar-refractivity contribution in [3.63, 3.8) is 0 Å². The van der Waals surface area contributed by atoms with Gasteiger partial charge in [0.05, 0.1) is 18.2 Å². The minimum atomic E-state index is -4.14. The van der Waals surface area contributed by atoms with Crippen LogP contribution in [0.25, 0.3) is 0 Å². The summed E-state index contributed by atoms with van der Waals surface area (Å²) in [5.74, 6) is 0.134. The highest BCUT2D eigenvalue weighted by Gasteiger charge is 2.29. The number of benzene rings is 3. The number of rotatable bonds is 9. The largest absolute Gasteiger partial charge is 0.496 e. The number of hydrogen-bond acceptors (Lipinski definition) is 4. The molecule has 0 bridgehead atoms. The molecule has 2 atom stereocenters. The number of hydrogen-bond donors (Lipinski definition) is 2. The zero-order valence-corrected chi connectivity index (χ0v) is 20.4. The molecular formula is C24H24Cl2N2O4S. The molecule has 0 saturated carbocycles. The normalized spacial score (nSPS) is 13.2. The summed E-state index contributed by atoms with van der Waals surface area (Å²) < 4.78 is 34.1. The summed E-state index contributed by atoms with van der Waals surface area (Å²) in [6.45, 7) is 1.80. The van der Waals surface area contributed by atoms with Crippen LogP contribution in [0.5, 0.6) is 5.75 Å². The second kappa shape index (κ2) is 11.0. The molecule has 0 aromatic heterocycles. The monoisotopic (exact) mass is 506 g/mol. The third kappa shape index (κ3) is 6.48. The van der Waals surface area contributed by atoms with Crippen LogP contribution >= 0.6 is 23.2 Å². The third-order valence-electron chi connectivity index (χ3n) is 5.04. The van der Waals surface area contributed by atoms with E-state index in [-0.39, 0.29) is 21.4 Å². The Morgan fingerprint density at radius 3 is 2.36 bits per heavy atom. The van der Waals surface area contributed by atoms with Crippen molar-refractivity contribution in [3.05, 3.63) is 94.0 Å². The first-order valence-corrected chi connectivity index (χ1v) is 12.4. The number of ether oxygens (including phenoxy) is 1. The predicted molar refractivity (Wildman–Crippen MR) is 130 cm³/mol. The van der Waals surface area contributed by atoms with Gasteiger partial charge in [0.15, 0.2) is 0 Å². The molecule has 3 aromatic rings. The highest BCUT2D eigenvalue weighted by molar-refractivity contribution is 7.89. The van der Waals surface area contributed by atoms with E-state index in [2.05, 4.69) is 10.0 Å². The number of carbonyl (C=O) groups excluding carboxylic acids is 1. The quantitative estimate of drug-likeness (QED) is 0.437. The van der Waals surface area contributed by atoms with Gasteiger partial charge in [-0.05, 0) is 43.2 Å². The molecule has 0 aliphatic heterocycles. The number of amides is 1. The first-order chi connectivity index (χ1) is 15.7. The van der Waals surface area contributed by atoms with Gasteiger partial charge in [-0.1, -0.05) is 71.7 Å². The zero-order valence-electron chi connectivity index (χ0n) is 18.1. The molecule has 0 unspecified atom stereocenters. The molecule has 1 amide bonds. The molecule has 0 aliphatic rings. The molecule has 0 spiro atoms. The number of para-hydroxylation sites is 1. The Balaban J connectivity index is 1.89. The van der Waals surface area contributed by atoms with Crippen LogP contribution in [0.4, 0.5) is 0 Å². The summed E-state index contributed by atoms with van der Waals surface area (Å²) in [7, 11) is -2.59. The summed E-state index contributed by atoms with van der Waals surface area (Å²) in [4.78, 5) is 13.1. The zero-order chi connectivity index (χ0) is 24.0. The first kappa shape index (κ1) is 25.1. The van der Waals surface area contributed by atoms with Crippen molar-refractivity contribution in [1.29, 1.82) is 0 Å². The third-order valence-corrected chi connectivity index (χ3v) is 7.23. The Labute approximate surface area is 203 Å². The fraction of sp³-hybridized carbons (Fsp3) is 0.208. The molecular weight excluding hydrogens is 483 g/mol. The van der Waals surface area contributed by atoms with E-state index >= 15 is 0 Å². The molecule has 0 radical (unpaired) electrons. The van der Waals surface area contributed by atoms with Gasteiger partial charge in [0.25, 0.3) is 0 Å². The van der Waals surface area contributed by atoms with Crippen molar-refractivity contribution in [2.75, 3.05) is 7.11 Å². The smallest absolute Gasteiger partial charge is 0.242 e. The lowest BCUT2D eigenvalue weighted by Gasteiger charge is -2.23. The number of methoxy groups -OCH3 is 1. The molecule has 0 fully saturated rings. The molecule has 0 heterocycles. The second-order valence-electron chi connectivity index (χ2n) is 7.41. The molecule has 3 rings (SSSR count). The molecule has 9 heteroatoms. The second-order valence-corrected chi connectivity index (χ2v) is 9.94. The van der Waals surface area contributed by atoms with Gasteiger partial charge in [0.1, 0.15) is 16.7 Å². The molecule has 3 aromatic carbocycles. The van der Waals surface area contributed by atoms with Crippen molar-refractivity contribution in [1.82, 2.24) is 10.0 Å². The first-order valence-electron chi connectivity index (χ1n) is 10.2. The van der Waals surface area contributed by atoms with Gasteiger partial charge < -0.3 is 10.1 Å². The number of nitrogens with one attached hydrogen (secondary N) is 2. The molecule has 174 valence electrons. The predicted octanol–water partition coefficient (Wildman–Crippen LogP) is 4.77. The van der Waals surface area contributed by atoms with Gasteiger partial charge >= 0.3 is 0 Å². The van der Waals surface area contributed by atoms with Crippen LogP contribution in [0.15, 0.2) is 77.7 Å². The van der Waals surface area contributed by atoms with Crippen LogP contribution < -0.4 is 14.8 Å². The standard InChI is InChI=1S/C24H24Cl2N2O4S/c1-16(19-10-6-7-11-22(19)32-2)27-24(29)21(14-17-8-4-3-5-9-17)28-33(30,31)23-15-18(25)12-13-20(23)26/h3-13,15-16,21,28H,14H2,1-2H3,(H,27,29)/t16-,21+/m0/s1. The maximum absolute atomic E-state index is 13.3. The summed E-state index contributed by atoms with van der Waals surface area (Å²) in [6.07, 6.45) is 0.142. The van der Waals surface area contributed by atoms with Crippen molar-refractivity contribution in [2.45, 2.75) is 30.3 Å². The molecule has 2 N–H and O–H groups in total. The van der Waals surface area contributed by atoms with Gasteiger partial charge in [0, 0.05) is 10.6 Å². The number of sulfonamides is 1. The Kier molecular flexibility index (Phi) is 8.37. The van der Waals surface area contributed by atoms with E-state index in [1.54, 1.807) is 20.1 Å². The van der Waals surface area contributed by atoms with Gasteiger partial charge in [-0.3, -0.25) is 4.79 Å². The minimum absolute atomic E-state index is 0.00755. The Bertz CT molecular complexity index is 1220. The van der Waals surface area contributed by atoms with Crippen LogP contribution in [0, 0.1) is 0 Å². The highest BCUT2D eigenvalue weighted by Crippen LogP contribution is 2.26. The topological polar surface area (TPSA) is 84.5 Å². The van der Waals surface area contributed by atoms with E-state index in [1.807, 2.05) is 48.5 Å². The minimum Gasteiger partial charge on any atom is -0.496 e. The SMILES string of the molecule is COc1ccccc1[C@H](C)NC(=O)[C@@H](Cc1ccccc1)NS(=O)(=O)c1cc(Cl)ccc1Cl. The molecule has 0 aliphatic carbocycles. The average Bonchev–Trinajstić information content (AvgIpc) is 2.80. The van der Waals surface area contributed by atoms with E-state index in [9.17, 15) is 13.2 Å². The lowest BCUT2D eigenvalue weighted by Crippen LogP contribution is -2.48. The van der Waals surface area contributed by atoms with Crippen molar-refractivity contribution < 1.29 is 17.9 Å². The van der Waals surface area contributed by atoms with Crippen molar-refractivity contribution >= 4 is 39.1 Å². The molecule has 33 heavy (non-hydrogen) atoms. The fourth-order valence-electron chi connectivity index (χ4n) is 3.39.